The average molecular weight is 486 g/mol. The Kier molecular flexibility index (Phi) is 6.61. The first kappa shape index (κ1) is 23.8. The zero-order valence-corrected chi connectivity index (χ0v) is 20.4. The molecule has 0 radical (unpaired) electrons. The van der Waals surface area contributed by atoms with Crippen LogP contribution in [-0.4, -0.2) is 52.7 Å². The number of carbonyl (C=O) groups excluding carboxylic acids is 2. The molecule has 0 bridgehead atoms. The Labute approximate surface area is 211 Å². The second kappa shape index (κ2) is 9.99. The lowest BCUT2D eigenvalue weighted by Gasteiger charge is -2.40. The van der Waals surface area contributed by atoms with Gasteiger partial charge in [-0.05, 0) is 67.3 Å². The molecule has 1 fully saturated rings. The summed E-state index contributed by atoms with van der Waals surface area (Å²) in [5.41, 5.74) is 5.17. The minimum absolute atomic E-state index is 0.0326. The Morgan fingerprint density at radius 1 is 1.06 bits per heavy atom. The van der Waals surface area contributed by atoms with E-state index in [1.807, 2.05) is 36.4 Å². The zero-order valence-electron chi connectivity index (χ0n) is 20.4. The van der Waals surface area contributed by atoms with Gasteiger partial charge in [-0.25, -0.2) is 4.79 Å². The minimum Gasteiger partial charge on any atom is -0.384 e. The molecular weight excluding hydrogens is 454 g/mol. The molecular formula is C28H31N5O3. The van der Waals surface area contributed by atoms with Crippen LogP contribution in [0.2, 0.25) is 0 Å². The lowest BCUT2D eigenvalue weighted by Crippen LogP contribution is -2.49. The summed E-state index contributed by atoms with van der Waals surface area (Å²) in [7, 11) is 0. The lowest BCUT2D eigenvalue weighted by molar-refractivity contribution is -0.140. The monoisotopic (exact) mass is 485 g/mol. The molecule has 0 saturated carbocycles. The number of nitrogens with zero attached hydrogens (tertiary/aromatic N) is 3. The third-order valence-electron chi connectivity index (χ3n) is 7.23. The average Bonchev–Trinajstić information content (AvgIpc) is 3.22. The molecule has 2 aromatic carbocycles. The van der Waals surface area contributed by atoms with Gasteiger partial charge in [-0.15, -0.1) is 0 Å². The summed E-state index contributed by atoms with van der Waals surface area (Å²) in [6, 6.07) is 19.8. The van der Waals surface area contributed by atoms with E-state index in [0.717, 1.165) is 36.3 Å². The van der Waals surface area contributed by atoms with Crippen LogP contribution >= 0.6 is 0 Å². The number of likely N-dealkylation sites (tertiary alicyclic amines) is 1. The zero-order chi connectivity index (χ0) is 25.1. The van der Waals surface area contributed by atoms with Gasteiger partial charge in [0.1, 0.15) is 6.10 Å². The number of urea groups is 1. The largest absolute Gasteiger partial charge is 0.384 e. The molecule has 3 amide bonds. The number of amides is 3. The fraction of sp³-hybridized carbons (Fsp3) is 0.321. The highest BCUT2D eigenvalue weighted by Gasteiger charge is 2.45. The number of para-hydroxylation sites is 1. The van der Waals surface area contributed by atoms with Crippen molar-refractivity contribution in [3.63, 3.8) is 0 Å². The predicted octanol–water partition coefficient (Wildman–Crippen LogP) is 3.80. The van der Waals surface area contributed by atoms with Crippen LogP contribution in [0.15, 0.2) is 73.1 Å². The van der Waals surface area contributed by atoms with Gasteiger partial charge in [0.25, 0.3) is 5.91 Å². The first-order valence-electron chi connectivity index (χ1n) is 12.3. The van der Waals surface area contributed by atoms with Crippen molar-refractivity contribution in [2.75, 3.05) is 29.9 Å². The van der Waals surface area contributed by atoms with Crippen molar-refractivity contribution < 1.29 is 14.7 Å². The number of pyridine rings is 1. The maximum atomic E-state index is 12.3. The molecule has 3 heterocycles. The van der Waals surface area contributed by atoms with Crippen molar-refractivity contribution in [3.8, 4) is 0 Å². The summed E-state index contributed by atoms with van der Waals surface area (Å²) < 4.78 is 0. The van der Waals surface area contributed by atoms with Crippen LogP contribution in [0.5, 0.6) is 0 Å². The summed E-state index contributed by atoms with van der Waals surface area (Å²) in [5, 5.41) is 15.4. The standard InChI is InChI=1S/C28H31N5O3/c1-20(34)26(35)32-15-12-28(13-16-32)19-33(25-7-3-2-6-24(25)28)23-10-8-22(9-11-23)31-27(36)30-18-21-5-4-14-29-17-21/h2-11,14,17,20,34H,12-13,15-16,18-19H2,1H3,(H2,30,31,36)/t20-/m0/s1. The fourth-order valence-corrected chi connectivity index (χ4v) is 5.29. The van der Waals surface area contributed by atoms with Crippen molar-refractivity contribution >= 4 is 29.0 Å². The molecule has 5 rings (SSSR count). The molecule has 36 heavy (non-hydrogen) atoms. The lowest BCUT2D eigenvalue weighted by atomic mass is 9.74. The van der Waals surface area contributed by atoms with E-state index in [4.69, 9.17) is 0 Å². The molecule has 2 aliphatic heterocycles. The van der Waals surface area contributed by atoms with Crippen molar-refractivity contribution in [2.45, 2.75) is 37.8 Å². The van der Waals surface area contributed by atoms with E-state index in [1.54, 1.807) is 17.3 Å². The van der Waals surface area contributed by atoms with Gasteiger partial charge in [0.05, 0.1) is 0 Å². The Bertz CT molecular complexity index is 1220. The van der Waals surface area contributed by atoms with E-state index in [2.05, 4.69) is 44.8 Å². The van der Waals surface area contributed by atoms with Gasteiger partial charge in [0.15, 0.2) is 0 Å². The molecule has 2 aliphatic rings. The van der Waals surface area contributed by atoms with Crippen LogP contribution in [0.3, 0.4) is 0 Å². The van der Waals surface area contributed by atoms with E-state index in [0.29, 0.717) is 19.6 Å². The number of hydrogen-bond donors (Lipinski definition) is 3. The number of hydrogen-bond acceptors (Lipinski definition) is 5. The number of fused-ring (bicyclic) bond motifs is 2. The number of piperidine rings is 1. The van der Waals surface area contributed by atoms with Crippen molar-refractivity contribution in [2.24, 2.45) is 0 Å². The first-order chi connectivity index (χ1) is 17.4. The molecule has 1 spiro atoms. The van der Waals surface area contributed by atoms with Crippen LogP contribution in [0, 0.1) is 0 Å². The van der Waals surface area contributed by atoms with Crippen LogP contribution < -0.4 is 15.5 Å². The maximum Gasteiger partial charge on any atom is 0.319 e. The summed E-state index contributed by atoms with van der Waals surface area (Å²) in [4.78, 5) is 32.8. The van der Waals surface area contributed by atoms with Crippen LogP contribution in [0.25, 0.3) is 0 Å². The molecule has 1 atom stereocenters. The van der Waals surface area contributed by atoms with Gasteiger partial charge in [-0.3, -0.25) is 9.78 Å². The molecule has 0 aliphatic carbocycles. The summed E-state index contributed by atoms with van der Waals surface area (Å²) >= 11 is 0. The highest BCUT2D eigenvalue weighted by Crippen LogP contribution is 2.49. The van der Waals surface area contributed by atoms with Gasteiger partial charge in [0, 0.05) is 61.0 Å². The van der Waals surface area contributed by atoms with E-state index in [-0.39, 0.29) is 17.4 Å². The van der Waals surface area contributed by atoms with E-state index >= 15 is 0 Å². The molecule has 0 unspecified atom stereocenters. The SMILES string of the molecule is C[C@H](O)C(=O)N1CCC2(CC1)CN(c1ccc(NC(=O)NCc3cccnc3)cc1)c1ccccc12. The number of benzene rings is 2. The molecule has 3 N–H and O–H groups in total. The third kappa shape index (κ3) is 4.77. The number of aliphatic hydroxyl groups excluding tert-OH is 1. The van der Waals surface area contributed by atoms with E-state index in [1.165, 1.54) is 18.2 Å². The van der Waals surface area contributed by atoms with Gasteiger partial charge >= 0.3 is 6.03 Å². The second-order valence-corrected chi connectivity index (χ2v) is 9.60. The van der Waals surface area contributed by atoms with Crippen molar-refractivity contribution in [1.29, 1.82) is 0 Å². The second-order valence-electron chi connectivity index (χ2n) is 9.60. The number of aliphatic hydroxyl groups is 1. The Hall–Kier alpha value is -3.91. The van der Waals surface area contributed by atoms with Gasteiger partial charge in [0.2, 0.25) is 0 Å². The van der Waals surface area contributed by atoms with Crippen LogP contribution in [0.1, 0.15) is 30.9 Å². The van der Waals surface area contributed by atoms with Gasteiger partial charge < -0.3 is 25.5 Å². The Morgan fingerprint density at radius 3 is 2.50 bits per heavy atom. The van der Waals surface area contributed by atoms with Gasteiger partial charge in [-0.2, -0.15) is 0 Å². The number of rotatable bonds is 5. The Balaban J connectivity index is 1.26. The smallest absolute Gasteiger partial charge is 0.319 e. The highest BCUT2D eigenvalue weighted by molar-refractivity contribution is 5.89. The maximum absolute atomic E-state index is 12.3. The molecule has 1 saturated heterocycles. The number of aromatic nitrogens is 1. The van der Waals surface area contributed by atoms with Crippen LogP contribution in [-0.2, 0) is 16.8 Å². The summed E-state index contributed by atoms with van der Waals surface area (Å²) in [6.07, 6.45) is 4.18. The van der Waals surface area contributed by atoms with E-state index in [9.17, 15) is 14.7 Å². The molecule has 8 nitrogen and oxygen atoms in total. The van der Waals surface area contributed by atoms with Crippen LogP contribution in [0.4, 0.5) is 21.9 Å². The normalized spacial score (nSPS) is 16.9. The summed E-state index contributed by atoms with van der Waals surface area (Å²) in [5.74, 6) is -0.194. The highest BCUT2D eigenvalue weighted by atomic mass is 16.3. The predicted molar refractivity (Wildman–Crippen MR) is 139 cm³/mol. The summed E-state index contributed by atoms with van der Waals surface area (Å²) in [6.45, 7) is 4.06. The van der Waals surface area contributed by atoms with Crippen molar-refractivity contribution in [3.05, 3.63) is 84.2 Å². The number of nitrogens with one attached hydrogen (secondary N) is 2. The topological polar surface area (TPSA) is 97.8 Å². The minimum atomic E-state index is -0.962. The first-order valence-corrected chi connectivity index (χ1v) is 12.3. The van der Waals surface area contributed by atoms with Gasteiger partial charge in [-0.1, -0.05) is 24.3 Å². The third-order valence-corrected chi connectivity index (χ3v) is 7.23. The fourth-order valence-electron chi connectivity index (χ4n) is 5.29. The molecule has 3 aromatic rings. The molecule has 8 heteroatoms. The van der Waals surface area contributed by atoms with Crippen molar-refractivity contribution in [1.82, 2.24) is 15.2 Å². The Morgan fingerprint density at radius 2 is 1.81 bits per heavy atom. The number of anilines is 3. The van der Waals surface area contributed by atoms with E-state index < -0.39 is 6.10 Å². The molecule has 1 aromatic heterocycles. The quantitative estimate of drug-likeness (QED) is 0.511. The number of carbonyl (C=O) groups is 2. The molecule has 186 valence electrons.